The van der Waals surface area contributed by atoms with Crippen LogP contribution in [0.5, 0.6) is 0 Å². The number of unbranched alkanes of at least 4 members (excludes halogenated alkanes) is 3. The Bertz CT molecular complexity index is 341. The van der Waals surface area contributed by atoms with Gasteiger partial charge in [-0.3, -0.25) is 4.79 Å². The molecule has 0 saturated carbocycles. The molecule has 1 rings (SSSR count). The molecule has 0 aromatic rings. The van der Waals surface area contributed by atoms with Crippen LogP contribution < -0.4 is 0 Å². The number of carbonyl (C=O) groups is 1. The first-order valence-electron chi connectivity index (χ1n) is 7.51. The third-order valence-corrected chi connectivity index (χ3v) is 3.67. The number of aliphatic hydroxyl groups is 4. The van der Waals surface area contributed by atoms with Gasteiger partial charge in [-0.05, 0) is 18.9 Å². The highest BCUT2D eigenvalue weighted by Gasteiger charge is 2.43. The van der Waals surface area contributed by atoms with Crippen molar-refractivity contribution in [1.29, 1.82) is 0 Å². The Morgan fingerprint density at radius 3 is 2.38 bits per heavy atom. The summed E-state index contributed by atoms with van der Waals surface area (Å²) in [6, 6.07) is 0. The summed E-state index contributed by atoms with van der Waals surface area (Å²) in [5, 5.41) is 38.2. The topological polar surface area (TPSA) is 107 Å². The molecule has 6 nitrogen and oxygen atoms in total. The highest BCUT2D eigenvalue weighted by molar-refractivity contribution is 5.90. The number of ether oxygens (including phenoxy) is 1. The Balaban J connectivity index is 2.47. The fourth-order valence-electron chi connectivity index (χ4n) is 2.34. The number of aliphatic hydroxyl groups excluding tert-OH is 4. The van der Waals surface area contributed by atoms with E-state index in [0.717, 1.165) is 25.7 Å². The quantitative estimate of drug-likeness (QED) is 0.369. The summed E-state index contributed by atoms with van der Waals surface area (Å²) in [4.78, 5) is 11.8. The summed E-state index contributed by atoms with van der Waals surface area (Å²) in [7, 11) is 0. The molecular weight excluding hydrogens is 276 g/mol. The van der Waals surface area contributed by atoms with Crippen molar-refractivity contribution in [2.24, 2.45) is 0 Å². The van der Waals surface area contributed by atoms with Crippen molar-refractivity contribution >= 4 is 5.78 Å². The molecule has 0 aromatic carbocycles. The van der Waals surface area contributed by atoms with Crippen LogP contribution in [0.4, 0.5) is 0 Å². The van der Waals surface area contributed by atoms with Gasteiger partial charge >= 0.3 is 0 Å². The molecule has 1 heterocycles. The Morgan fingerprint density at radius 1 is 1.10 bits per heavy atom. The van der Waals surface area contributed by atoms with Crippen LogP contribution in [-0.4, -0.2) is 63.3 Å². The number of ketones is 1. The van der Waals surface area contributed by atoms with Crippen molar-refractivity contribution in [1.82, 2.24) is 0 Å². The molecule has 1 aliphatic rings. The zero-order chi connectivity index (χ0) is 15.8. The third-order valence-electron chi connectivity index (χ3n) is 3.67. The van der Waals surface area contributed by atoms with Crippen LogP contribution in [0.25, 0.3) is 0 Å². The molecule has 2 unspecified atom stereocenters. The van der Waals surface area contributed by atoms with E-state index in [1.807, 2.05) is 0 Å². The number of carbonyl (C=O) groups excluding carboxylic acids is 1. The van der Waals surface area contributed by atoms with Crippen molar-refractivity contribution in [2.45, 2.75) is 69.5 Å². The number of hydrogen-bond acceptors (Lipinski definition) is 6. The van der Waals surface area contributed by atoms with E-state index < -0.39 is 37.1 Å². The van der Waals surface area contributed by atoms with E-state index >= 15 is 0 Å². The minimum absolute atomic E-state index is 0.0915. The van der Waals surface area contributed by atoms with Gasteiger partial charge in [0.25, 0.3) is 0 Å². The first-order valence-corrected chi connectivity index (χ1v) is 7.51. The van der Waals surface area contributed by atoms with Gasteiger partial charge in [-0.1, -0.05) is 25.8 Å². The standard InChI is InChI=1S/C15H26O6/c1-2-3-4-5-6-7-10(17)8-11-13(18)15(20)14(19)12(9-16)21-11/h6-7,11-16,18-20H,2-5,8-9H2,1H3/b7-6+/t11-,12?,13?,14+,15+/m0/s1. The lowest BCUT2D eigenvalue weighted by Crippen LogP contribution is -2.58. The maximum Gasteiger partial charge on any atom is 0.158 e. The van der Waals surface area contributed by atoms with E-state index in [-0.39, 0.29) is 12.2 Å². The van der Waals surface area contributed by atoms with Gasteiger partial charge in [0.1, 0.15) is 24.4 Å². The van der Waals surface area contributed by atoms with Gasteiger partial charge in [0.15, 0.2) is 5.78 Å². The number of hydrogen-bond donors (Lipinski definition) is 4. The molecule has 21 heavy (non-hydrogen) atoms. The Kier molecular flexibility index (Phi) is 8.06. The molecule has 4 N–H and O–H groups in total. The fraction of sp³-hybridized carbons (Fsp3) is 0.800. The van der Waals surface area contributed by atoms with E-state index in [0.29, 0.717) is 0 Å². The van der Waals surface area contributed by atoms with Crippen molar-refractivity contribution in [3.05, 3.63) is 12.2 Å². The average Bonchev–Trinajstić information content (AvgIpc) is 2.47. The number of allylic oxidation sites excluding steroid dienone is 2. The highest BCUT2D eigenvalue weighted by Crippen LogP contribution is 2.23. The van der Waals surface area contributed by atoms with E-state index in [9.17, 15) is 20.1 Å². The molecule has 1 saturated heterocycles. The first-order chi connectivity index (χ1) is 10.0. The molecule has 1 aliphatic heterocycles. The van der Waals surface area contributed by atoms with Crippen LogP contribution in [0.2, 0.25) is 0 Å². The molecule has 0 radical (unpaired) electrons. The first kappa shape index (κ1) is 18.3. The summed E-state index contributed by atoms with van der Waals surface area (Å²) < 4.78 is 5.28. The van der Waals surface area contributed by atoms with Crippen LogP contribution in [0.1, 0.15) is 39.0 Å². The lowest BCUT2D eigenvalue weighted by molar-refractivity contribution is -0.229. The summed E-state index contributed by atoms with van der Waals surface area (Å²) in [5.41, 5.74) is 0. The van der Waals surface area contributed by atoms with Gasteiger partial charge in [0.05, 0.1) is 12.7 Å². The maximum atomic E-state index is 11.8. The van der Waals surface area contributed by atoms with E-state index in [1.165, 1.54) is 6.08 Å². The van der Waals surface area contributed by atoms with Crippen LogP contribution in [0.3, 0.4) is 0 Å². The van der Waals surface area contributed by atoms with Crippen LogP contribution in [-0.2, 0) is 9.53 Å². The van der Waals surface area contributed by atoms with Crippen LogP contribution in [0.15, 0.2) is 12.2 Å². The van der Waals surface area contributed by atoms with Crippen molar-refractivity contribution < 1.29 is 30.0 Å². The second-order valence-electron chi connectivity index (χ2n) is 5.44. The lowest BCUT2D eigenvalue weighted by atomic mass is 9.92. The second kappa shape index (κ2) is 9.27. The lowest BCUT2D eigenvalue weighted by Gasteiger charge is -2.39. The van der Waals surface area contributed by atoms with Crippen molar-refractivity contribution in [3.8, 4) is 0 Å². The SMILES string of the molecule is CCCCC/C=C/C(=O)C[C@@H]1OC(CO)[C@@H](O)[C@H](O)C1O. The minimum Gasteiger partial charge on any atom is -0.394 e. The molecule has 0 bridgehead atoms. The minimum atomic E-state index is -1.43. The zero-order valence-corrected chi connectivity index (χ0v) is 12.4. The molecule has 5 atom stereocenters. The van der Waals surface area contributed by atoms with Gasteiger partial charge in [-0.25, -0.2) is 0 Å². The summed E-state index contributed by atoms with van der Waals surface area (Å²) in [6.45, 7) is 1.62. The van der Waals surface area contributed by atoms with Gasteiger partial charge < -0.3 is 25.2 Å². The Labute approximate surface area is 125 Å². The third kappa shape index (κ3) is 5.48. The molecule has 6 heteroatoms. The second-order valence-corrected chi connectivity index (χ2v) is 5.44. The van der Waals surface area contributed by atoms with E-state index in [4.69, 9.17) is 9.84 Å². The predicted octanol–water partition coefficient (Wildman–Crippen LogP) is -0.0755. The monoisotopic (exact) mass is 302 g/mol. The normalized spacial score (nSPS) is 33.5. The molecule has 0 amide bonds. The van der Waals surface area contributed by atoms with Crippen molar-refractivity contribution in [2.75, 3.05) is 6.61 Å². The Morgan fingerprint density at radius 2 is 1.76 bits per heavy atom. The van der Waals surface area contributed by atoms with E-state index in [1.54, 1.807) is 6.08 Å². The molecule has 0 aromatic heterocycles. The fourth-order valence-corrected chi connectivity index (χ4v) is 2.34. The molecule has 122 valence electrons. The average molecular weight is 302 g/mol. The molecule has 1 fully saturated rings. The molecular formula is C15H26O6. The smallest absolute Gasteiger partial charge is 0.158 e. The molecule has 0 aliphatic carbocycles. The Hall–Kier alpha value is -0.790. The van der Waals surface area contributed by atoms with Crippen LogP contribution in [0, 0.1) is 0 Å². The van der Waals surface area contributed by atoms with E-state index in [2.05, 4.69) is 6.92 Å². The van der Waals surface area contributed by atoms with Crippen molar-refractivity contribution in [3.63, 3.8) is 0 Å². The maximum absolute atomic E-state index is 11.8. The zero-order valence-electron chi connectivity index (χ0n) is 12.4. The largest absolute Gasteiger partial charge is 0.394 e. The molecule has 0 spiro atoms. The van der Waals surface area contributed by atoms with Gasteiger partial charge in [0, 0.05) is 6.42 Å². The van der Waals surface area contributed by atoms with Gasteiger partial charge in [0.2, 0.25) is 0 Å². The highest BCUT2D eigenvalue weighted by atomic mass is 16.5. The summed E-state index contributed by atoms with van der Waals surface area (Å²) in [5.74, 6) is -0.212. The summed E-state index contributed by atoms with van der Waals surface area (Å²) >= 11 is 0. The van der Waals surface area contributed by atoms with Gasteiger partial charge in [-0.15, -0.1) is 0 Å². The predicted molar refractivity (Wildman–Crippen MR) is 76.7 cm³/mol. The van der Waals surface area contributed by atoms with Crippen LogP contribution >= 0.6 is 0 Å². The van der Waals surface area contributed by atoms with Gasteiger partial charge in [-0.2, -0.15) is 0 Å². The number of rotatable bonds is 8. The summed E-state index contributed by atoms with van der Waals surface area (Å²) in [6.07, 6.45) is 1.20.